The minimum atomic E-state index is -0.434. The van der Waals surface area contributed by atoms with Crippen molar-refractivity contribution in [3.8, 4) is 0 Å². The van der Waals surface area contributed by atoms with E-state index in [1.165, 1.54) is 6.20 Å². The molecule has 0 atom stereocenters. The van der Waals surface area contributed by atoms with E-state index >= 15 is 0 Å². The summed E-state index contributed by atoms with van der Waals surface area (Å²) in [4.78, 5) is 12.8. The number of hydrogen-bond acceptors (Lipinski definition) is 3. The van der Waals surface area contributed by atoms with Gasteiger partial charge in [0, 0.05) is 12.7 Å². The van der Waals surface area contributed by atoms with Gasteiger partial charge in [0.15, 0.2) is 0 Å². The monoisotopic (exact) mass is 182 g/mol. The summed E-state index contributed by atoms with van der Waals surface area (Å²) >= 11 is 0. The molecule has 0 unspecified atom stereocenters. The minimum Gasteiger partial charge on any atom is -0.366 e. The quantitative estimate of drug-likeness (QED) is 0.685. The van der Waals surface area contributed by atoms with Crippen molar-refractivity contribution in [1.29, 1.82) is 0 Å². The molecule has 5 nitrogen and oxygen atoms in total. The predicted octanol–water partition coefficient (Wildman–Crippen LogP) is -0.456. The van der Waals surface area contributed by atoms with Crippen LogP contribution in [0, 0.1) is 0 Å². The van der Waals surface area contributed by atoms with Crippen LogP contribution < -0.4 is 5.73 Å². The third-order valence-corrected chi connectivity index (χ3v) is 1.69. The van der Waals surface area contributed by atoms with Crippen LogP contribution in [0.3, 0.4) is 0 Å². The number of nitrogens with two attached hydrogens (primary N) is 1. The zero-order chi connectivity index (χ0) is 9.84. The van der Waals surface area contributed by atoms with Crippen molar-refractivity contribution in [2.24, 2.45) is 5.73 Å². The molecular formula is C8H14N4O. The largest absolute Gasteiger partial charge is 0.366 e. The first kappa shape index (κ1) is 9.73. The second-order valence-corrected chi connectivity index (χ2v) is 3.16. The van der Waals surface area contributed by atoms with Gasteiger partial charge in [0.25, 0.3) is 5.91 Å². The molecule has 0 aliphatic rings. The van der Waals surface area contributed by atoms with Gasteiger partial charge >= 0.3 is 0 Å². The number of amides is 1. The Bertz CT molecular complexity index is 292. The first-order valence-corrected chi connectivity index (χ1v) is 4.06. The maximum Gasteiger partial charge on any atom is 0.251 e. The van der Waals surface area contributed by atoms with Gasteiger partial charge in [-0.2, -0.15) is 5.10 Å². The van der Waals surface area contributed by atoms with E-state index in [0.29, 0.717) is 5.56 Å². The van der Waals surface area contributed by atoms with Crippen LogP contribution in [0.15, 0.2) is 12.4 Å². The van der Waals surface area contributed by atoms with Crippen molar-refractivity contribution in [3.63, 3.8) is 0 Å². The maximum absolute atomic E-state index is 10.7. The lowest BCUT2D eigenvalue weighted by Crippen LogP contribution is -2.18. The van der Waals surface area contributed by atoms with E-state index in [0.717, 1.165) is 13.1 Å². The Morgan fingerprint density at radius 2 is 2.38 bits per heavy atom. The van der Waals surface area contributed by atoms with Gasteiger partial charge in [-0.3, -0.25) is 9.48 Å². The number of carbonyl (C=O) groups excluding carboxylic acids is 1. The second-order valence-electron chi connectivity index (χ2n) is 3.16. The molecule has 0 radical (unpaired) electrons. The standard InChI is InChI=1S/C8H14N4O/c1-11(2)3-4-12-6-7(5-10-12)8(9)13/h5-6H,3-4H2,1-2H3,(H2,9,13). The molecule has 0 fully saturated rings. The number of likely N-dealkylation sites (N-methyl/N-ethyl adjacent to an activating group) is 1. The topological polar surface area (TPSA) is 64.2 Å². The first-order chi connectivity index (χ1) is 6.09. The van der Waals surface area contributed by atoms with E-state index < -0.39 is 5.91 Å². The van der Waals surface area contributed by atoms with Crippen molar-refractivity contribution < 1.29 is 4.79 Å². The summed E-state index contributed by atoms with van der Waals surface area (Å²) in [5.74, 6) is -0.434. The number of hydrogen-bond donors (Lipinski definition) is 1. The van der Waals surface area contributed by atoms with Crippen LogP contribution in [0.4, 0.5) is 0 Å². The summed E-state index contributed by atoms with van der Waals surface area (Å²) in [6.07, 6.45) is 3.14. The number of nitrogens with zero attached hydrogens (tertiary/aromatic N) is 3. The van der Waals surface area contributed by atoms with Gasteiger partial charge in [-0.05, 0) is 14.1 Å². The van der Waals surface area contributed by atoms with E-state index in [1.54, 1.807) is 10.9 Å². The fourth-order valence-corrected chi connectivity index (χ4v) is 0.916. The summed E-state index contributed by atoms with van der Waals surface area (Å²) < 4.78 is 1.71. The molecule has 0 aliphatic carbocycles. The van der Waals surface area contributed by atoms with Crippen LogP contribution in [0.2, 0.25) is 0 Å². The number of carbonyl (C=O) groups is 1. The van der Waals surface area contributed by atoms with Crippen molar-refractivity contribution in [3.05, 3.63) is 18.0 Å². The molecule has 1 aromatic heterocycles. The maximum atomic E-state index is 10.7. The summed E-state index contributed by atoms with van der Waals surface area (Å²) in [5, 5.41) is 4.00. The second kappa shape index (κ2) is 4.04. The molecule has 0 saturated carbocycles. The molecule has 0 aliphatic heterocycles. The van der Waals surface area contributed by atoms with E-state index in [-0.39, 0.29) is 0 Å². The fourth-order valence-electron chi connectivity index (χ4n) is 0.916. The molecule has 0 spiro atoms. The zero-order valence-corrected chi connectivity index (χ0v) is 7.90. The minimum absolute atomic E-state index is 0.434. The molecule has 0 saturated heterocycles. The van der Waals surface area contributed by atoms with Crippen LogP contribution in [-0.4, -0.2) is 41.2 Å². The van der Waals surface area contributed by atoms with E-state index in [4.69, 9.17) is 5.73 Å². The van der Waals surface area contributed by atoms with Crippen molar-refractivity contribution in [2.45, 2.75) is 6.54 Å². The Kier molecular flexibility index (Phi) is 3.02. The lowest BCUT2D eigenvalue weighted by atomic mass is 10.3. The summed E-state index contributed by atoms with van der Waals surface area (Å²) in [6.45, 7) is 1.65. The molecule has 0 aromatic carbocycles. The number of aromatic nitrogens is 2. The predicted molar refractivity (Wildman–Crippen MR) is 49.3 cm³/mol. The third-order valence-electron chi connectivity index (χ3n) is 1.69. The van der Waals surface area contributed by atoms with Crippen molar-refractivity contribution >= 4 is 5.91 Å². The first-order valence-electron chi connectivity index (χ1n) is 4.06. The Balaban J connectivity index is 2.54. The highest BCUT2D eigenvalue weighted by atomic mass is 16.1. The van der Waals surface area contributed by atoms with E-state index in [1.807, 2.05) is 19.0 Å². The molecule has 5 heteroatoms. The summed E-state index contributed by atoms with van der Waals surface area (Å²) in [5.41, 5.74) is 5.54. The summed E-state index contributed by atoms with van der Waals surface area (Å²) in [6, 6.07) is 0. The van der Waals surface area contributed by atoms with Crippen molar-refractivity contribution in [2.75, 3.05) is 20.6 Å². The highest BCUT2D eigenvalue weighted by Gasteiger charge is 2.03. The van der Waals surface area contributed by atoms with Gasteiger partial charge in [0.2, 0.25) is 0 Å². The molecule has 1 rings (SSSR count). The van der Waals surface area contributed by atoms with Gasteiger partial charge in [-0.25, -0.2) is 0 Å². The molecular weight excluding hydrogens is 168 g/mol. The molecule has 1 heterocycles. The fraction of sp³-hybridized carbons (Fsp3) is 0.500. The molecule has 1 amide bonds. The van der Waals surface area contributed by atoms with Crippen LogP contribution >= 0.6 is 0 Å². The average Bonchev–Trinajstić information content (AvgIpc) is 2.48. The Labute approximate surface area is 77.1 Å². The van der Waals surface area contributed by atoms with Crippen LogP contribution in [0.25, 0.3) is 0 Å². The Morgan fingerprint density at radius 3 is 2.85 bits per heavy atom. The molecule has 1 aromatic rings. The lowest BCUT2D eigenvalue weighted by Gasteiger charge is -2.08. The lowest BCUT2D eigenvalue weighted by molar-refractivity contribution is 0.1000. The van der Waals surface area contributed by atoms with Crippen molar-refractivity contribution in [1.82, 2.24) is 14.7 Å². The summed E-state index contributed by atoms with van der Waals surface area (Å²) in [7, 11) is 3.97. The zero-order valence-electron chi connectivity index (χ0n) is 7.90. The highest BCUT2D eigenvalue weighted by Crippen LogP contribution is 1.95. The van der Waals surface area contributed by atoms with Crippen LogP contribution in [-0.2, 0) is 6.54 Å². The van der Waals surface area contributed by atoms with E-state index in [2.05, 4.69) is 5.10 Å². The van der Waals surface area contributed by atoms with Gasteiger partial charge < -0.3 is 10.6 Å². The van der Waals surface area contributed by atoms with Crippen LogP contribution in [0.5, 0.6) is 0 Å². The Morgan fingerprint density at radius 1 is 1.69 bits per heavy atom. The highest BCUT2D eigenvalue weighted by molar-refractivity contribution is 5.92. The van der Waals surface area contributed by atoms with Gasteiger partial charge in [-0.15, -0.1) is 0 Å². The number of primary amides is 1. The number of rotatable bonds is 4. The normalized spacial score (nSPS) is 10.7. The molecule has 72 valence electrons. The third kappa shape index (κ3) is 2.87. The average molecular weight is 182 g/mol. The SMILES string of the molecule is CN(C)CCn1cc(C(N)=O)cn1. The van der Waals surface area contributed by atoms with Crippen LogP contribution in [0.1, 0.15) is 10.4 Å². The van der Waals surface area contributed by atoms with Gasteiger partial charge in [0.1, 0.15) is 0 Å². The molecule has 2 N–H and O–H groups in total. The van der Waals surface area contributed by atoms with E-state index in [9.17, 15) is 4.79 Å². The Hall–Kier alpha value is -1.36. The molecule has 0 bridgehead atoms. The smallest absolute Gasteiger partial charge is 0.251 e. The molecule has 13 heavy (non-hydrogen) atoms. The van der Waals surface area contributed by atoms with Gasteiger partial charge in [-0.1, -0.05) is 0 Å². The van der Waals surface area contributed by atoms with Gasteiger partial charge in [0.05, 0.1) is 18.3 Å².